The molecule has 1 aromatic carbocycles. The fourth-order valence-corrected chi connectivity index (χ4v) is 1.43. The molecule has 1 amide bonds. The van der Waals surface area contributed by atoms with E-state index in [0.29, 0.717) is 5.56 Å². The van der Waals surface area contributed by atoms with Crippen LogP contribution in [0, 0.1) is 11.3 Å². The Morgan fingerprint density at radius 3 is 2.75 bits per heavy atom. The van der Waals surface area contributed by atoms with Crippen LogP contribution in [0.3, 0.4) is 0 Å². The summed E-state index contributed by atoms with van der Waals surface area (Å²) in [5, 5.41) is 11.8. The lowest BCUT2D eigenvalue weighted by Gasteiger charge is -2.18. The number of benzene rings is 1. The average Bonchev–Trinajstić information content (AvgIpc) is 2.28. The summed E-state index contributed by atoms with van der Waals surface area (Å²) in [4.78, 5) is 10.9. The van der Waals surface area contributed by atoms with Crippen LogP contribution in [0.25, 0.3) is 0 Å². The molecular weight excluding hydrogens is 202 g/mol. The molecule has 2 atom stereocenters. The molecule has 0 aliphatic rings. The highest BCUT2D eigenvalue weighted by Crippen LogP contribution is 2.14. The topological polar surface area (TPSA) is 78.9 Å². The van der Waals surface area contributed by atoms with Gasteiger partial charge in [-0.05, 0) is 31.5 Å². The maximum Gasteiger partial charge on any atom is 0.234 e. The summed E-state index contributed by atoms with van der Waals surface area (Å²) in [5.74, 6) is -0.386. The Kier molecular flexibility index (Phi) is 4.03. The molecule has 2 unspecified atom stereocenters. The maximum absolute atomic E-state index is 10.9. The summed E-state index contributed by atoms with van der Waals surface area (Å²) >= 11 is 0. The van der Waals surface area contributed by atoms with Gasteiger partial charge in [0.15, 0.2) is 0 Å². The third-order valence-corrected chi connectivity index (χ3v) is 2.44. The van der Waals surface area contributed by atoms with Crippen LogP contribution >= 0.6 is 0 Å². The molecule has 0 aromatic heterocycles. The van der Waals surface area contributed by atoms with Gasteiger partial charge in [0.1, 0.15) is 0 Å². The van der Waals surface area contributed by atoms with E-state index in [1.165, 1.54) is 0 Å². The maximum atomic E-state index is 10.9. The molecule has 84 valence electrons. The molecule has 4 heteroatoms. The highest BCUT2D eigenvalue weighted by Gasteiger charge is 2.13. The smallest absolute Gasteiger partial charge is 0.234 e. The minimum absolute atomic E-state index is 0.0178. The number of nitrogens with one attached hydrogen (secondary N) is 1. The van der Waals surface area contributed by atoms with Crippen molar-refractivity contribution in [1.29, 1.82) is 5.26 Å². The molecule has 0 saturated heterocycles. The van der Waals surface area contributed by atoms with Crippen LogP contribution in [0.4, 0.5) is 0 Å². The molecule has 0 saturated carbocycles. The van der Waals surface area contributed by atoms with Crippen LogP contribution in [0.15, 0.2) is 24.3 Å². The first kappa shape index (κ1) is 12.2. The number of hydrogen-bond donors (Lipinski definition) is 2. The molecule has 0 spiro atoms. The first-order valence-electron chi connectivity index (χ1n) is 5.10. The van der Waals surface area contributed by atoms with Gasteiger partial charge in [0.05, 0.1) is 17.7 Å². The average molecular weight is 217 g/mol. The normalized spacial score (nSPS) is 13.8. The summed E-state index contributed by atoms with van der Waals surface area (Å²) in [6, 6.07) is 8.94. The number of rotatable bonds is 4. The molecular formula is C12H15N3O. The van der Waals surface area contributed by atoms with E-state index >= 15 is 0 Å². The zero-order valence-electron chi connectivity index (χ0n) is 9.40. The molecule has 0 heterocycles. The van der Waals surface area contributed by atoms with Crippen LogP contribution in [0.5, 0.6) is 0 Å². The molecule has 16 heavy (non-hydrogen) atoms. The second kappa shape index (κ2) is 5.29. The Bertz CT molecular complexity index is 423. The van der Waals surface area contributed by atoms with Gasteiger partial charge in [-0.3, -0.25) is 10.1 Å². The molecule has 0 aliphatic heterocycles. The van der Waals surface area contributed by atoms with Crippen molar-refractivity contribution in [3.8, 4) is 6.07 Å². The molecule has 0 fully saturated rings. The van der Waals surface area contributed by atoms with E-state index in [-0.39, 0.29) is 18.0 Å². The van der Waals surface area contributed by atoms with Crippen LogP contribution in [0.1, 0.15) is 31.0 Å². The number of hydrogen-bond acceptors (Lipinski definition) is 3. The Morgan fingerprint density at radius 1 is 1.50 bits per heavy atom. The van der Waals surface area contributed by atoms with Crippen LogP contribution in [-0.2, 0) is 4.79 Å². The van der Waals surface area contributed by atoms with Crippen molar-refractivity contribution in [3.63, 3.8) is 0 Å². The zero-order valence-corrected chi connectivity index (χ0v) is 9.40. The van der Waals surface area contributed by atoms with Gasteiger partial charge in [-0.25, -0.2) is 0 Å². The molecule has 4 nitrogen and oxygen atoms in total. The predicted octanol–water partition coefficient (Wildman–Crippen LogP) is 1.08. The molecule has 1 rings (SSSR count). The first-order chi connectivity index (χ1) is 7.54. The third kappa shape index (κ3) is 3.07. The van der Waals surface area contributed by atoms with Gasteiger partial charge >= 0.3 is 0 Å². The van der Waals surface area contributed by atoms with E-state index < -0.39 is 0 Å². The zero-order chi connectivity index (χ0) is 12.1. The number of nitrogens with two attached hydrogens (primary N) is 1. The minimum atomic E-state index is -0.388. The second-order valence-corrected chi connectivity index (χ2v) is 3.75. The molecule has 0 radical (unpaired) electrons. The summed E-state index contributed by atoms with van der Waals surface area (Å²) < 4.78 is 0. The first-order valence-corrected chi connectivity index (χ1v) is 5.10. The van der Waals surface area contributed by atoms with Gasteiger partial charge in [0.25, 0.3) is 0 Å². The monoisotopic (exact) mass is 217 g/mol. The Labute approximate surface area is 95.1 Å². The predicted molar refractivity (Wildman–Crippen MR) is 61.4 cm³/mol. The number of amides is 1. The largest absolute Gasteiger partial charge is 0.368 e. The lowest BCUT2D eigenvalue weighted by atomic mass is 10.0. The number of carbonyl (C=O) groups is 1. The van der Waals surface area contributed by atoms with Crippen molar-refractivity contribution < 1.29 is 4.79 Å². The lowest BCUT2D eigenvalue weighted by Crippen LogP contribution is -2.40. The number of primary amides is 1. The highest BCUT2D eigenvalue weighted by molar-refractivity contribution is 5.79. The molecule has 1 aromatic rings. The van der Waals surface area contributed by atoms with Crippen LogP contribution < -0.4 is 11.1 Å². The minimum Gasteiger partial charge on any atom is -0.368 e. The molecule has 3 N–H and O–H groups in total. The van der Waals surface area contributed by atoms with Crippen molar-refractivity contribution in [2.75, 3.05) is 0 Å². The number of nitrogens with zero attached hydrogens (tertiary/aromatic N) is 1. The van der Waals surface area contributed by atoms with Gasteiger partial charge in [0, 0.05) is 6.04 Å². The van der Waals surface area contributed by atoms with Crippen molar-refractivity contribution >= 4 is 5.91 Å². The van der Waals surface area contributed by atoms with Crippen molar-refractivity contribution in [3.05, 3.63) is 35.4 Å². The van der Waals surface area contributed by atoms with E-state index in [1.807, 2.05) is 19.1 Å². The van der Waals surface area contributed by atoms with Crippen LogP contribution in [0.2, 0.25) is 0 Å². The van der Waals surface area contributed by atoms with Crippen molar-refractivity contribution in [1.82, 2.24) is 5.32 Å². The summed E-state index contributed by atoms with van der Waals surface area (Å²) in [6.07, 6.45) is 0. The molecule has 0 bridgehead atoms. The van der Waals surface area contributed by atoms with Gasteiger partial charge in [0.2, 0.25) is 5.91 Å². The van der Waals surface area contributed by atoms with E-state index in [9.17, 15) is 4.79 Å². The quantitative estimate of drug-likeness (QED) is 0.792. The number of nitriles is 1. The van der Waals surface area contributed by atoms with Gasteiger partial charge in [-0.2, -0.15) is 5.26 Å². The third-order valence-electron chi connectivity index (χ3n) is 2.44. The van der Waals surface area contributed by atoms with E-state index in [1.54, 1.807) is 19.1 Å². The Morgan fingerprint density at radius 2 is 2.19 bits per heavy atom. The standard InChI is InChI=1S/C12H15N3O/c1-8(15-9(2)12(14)16)11-5-3-4-10(6-11)7-13/h3-6,8-9,15H,1-2H3,(H2,14,16). The number of carbonyl (C=O) groups excluding carboxylic acids is 1. The lowest BCUT2D eigenvalue weighted by molar-refractivity contribution is -0.119. The van der Waals surface area contributed by atoms with Gasteiger partial charge < -0.3 is 5.73 Å². The SMILES string of the molecule is CC(NC(C)c1cccc(C#N)c1)C(N)=O. The summed E-state index contributed by atoms with van der Waals surface area (Å²) in [6.45, 7) is 3.64. The molecule has 0 aliphatic carbocycles. The summed E-state index contributed by atoms with van der Waals surface area (Å²) in [7, 11) is 0. The highest BCUT2D eigenvalue weighted by atomic mass is 16.1. The van der Waals surface area contributed by atoms with E-state index in [4.69, 9.17) is 11.0 Å². The van der Waals surface area contributed by atoms with Gasteiger partial charge in [-0.15, -0.1) is 0 Å². The van der Waals surface area contributed by atoms with Crippen molar-refractivity contribution in [2.24, 2.45) is 5.73 Å². The van der Waals surface area contributed by atoms with Crippen molar-refractivity contribution in [2.45, 2.75) is 25.9 Å². The van der Waals surface area contributed by atoms with E-state index in [2.05, 4.69) is 11.4 Å². The fraction of sp³-hybridized carbons (Fsp3) is 0.333. The Hall–Kier alpha value is -1.86. The van der Waals surface area contributed by atoms with E-state index in [0.717, 1.165) is 5.56 Å². The fourth-order valence-electron chi connectivity index (χ4n) is 1.43. The Balaban J connectivity index is 2.77. The van der Waals surface area contributed by atoms with Gasteiger partial charge in [-0.1, -0.05) is 12.1 Å². The summed E-state index contributed by atoms with van der Waals surface area (Å²) in [5.41, 5.74) is 6.74. The second-order valence-electron chi connectivity index (χ2n) is 3.75. The van der Waals surface area contributed by atoms with Crippen LogP contribution in [-0.4, -0.2) is 11.9 Å².